The van der Waals surface area contributed by atoms with Crippen LogP contribution in [0.5, 0.6) is 0 Å². The molecule has 0 bridgehead atoms. The third kappa shape index (κ3) is 10.2. The number of hydrogen-bond donors (Lipinski definition) is 2. The molecule has 0 radical (unpaired) electrons. The van der Waals surface area contributed by atoms with Gasteiger partial charge in [-0.25, -0.2) is 0 Å². The van der Waals surface area contributed by atoms with Crippen LogP contribution >= 0.6 is 24.0 Å². The van der Waals surface area contributed by atoms with Gasteiger partial charge in [0.2, 0.25) is 0 Å². The zero-order valence-corrected chi connectivity index (χ0v) is 19.4. The molecule has 0 fully saturated rings. The maximum atomic E-state index is 11.8. The number of aromatic nitrogens is 1. The maximum absolute atomic E-state index is 11.8. The number of rotatable bonds is 10. The van der Waals surface area contributed by atoms with Gasteiger partial charge in [-0.05, 0) is 45.1 Å². The van der Waals surface area contributed by atoms with Crippen LogP contribution in [0.2, 0.25) is 0 Å². The van der Waals surface area contributed by atoms with Crippen molar-refractivity contribution in [2.24, 2.45) is 10.9 Å². The fourth-order valence-corrected chi connectivity index (χ4v) is 2.84. The average Bonchev–Trinajstić information content (AvgIpc) is 2.55. The third-order valence-electron chi connectivity index (χ3n) is 4.39. The Morgan fingerprint density at radius 1 is 1.15 bits per heavy atom. The monoisotopic (exact) mass is 476 g/mol. The van der Waals surface area contributed by atoms with Crippen LogP contribution in [0.15, 0.2) is 28.0 Å². The molecule has 1 atom stereocenters. The standard InChI is InChI=1S/C20H36N4O.HI/c1-16(2)10-8-11-17(3)23-20(21-5)22-14-6-7-15-24-18(4)12-9-13-19(24)25;/h9,12-13,16-17H,6-8,10-11,14-15H2,1-5H3,(H2,21,22,23);1H. The van der Waals surface area contributed by atoms with Crippen molar-refractivity contribution in [3.63, 3.8) is 0 Å². The lowest BCUT2D eigenvalue weighted by atomic mass is 10.0. The lowest BCUT2D eigenvalue weighted by Gasteiger charge is -2.18. The second kappa shape index (κ2) is 14.1. The fraction of sp³-hybridized carbons (Fsp3) is 0.700. The quantitative estimate of drug-likeness (QED) is 0.233. The van der Waals surface area contributed by atoms with Crippen molar-refractivity contribution in [2.45, 2.75) is 72.4 Å². The van der Waals surface area contributed by atoms with Gasteiger partial charge in [-0.1, -0.05) is 32.8 Å². The second-order valence-corrected chi connectivity index (χ2v) is 7.23. The summed E-state index contributed by atoms with van der Waals surface area (Å²) in [6.07, 6.45) is 5.65. The first-order valence-corrected chi connectivity index (χ1v) is 9.57. The summed E-state index contributed by atoms with van der Waals surface area (Å²) in [6.45, 7) is 10.3. The van der Waals surface area contributed by atoms with Crippen molar-refractivity contribution < 1.29 is 0 Å². The number of pyridine rings is 1. The Morgan fingerprint density at radius 3 is 2.50 bits per heavy atom. The first-order valence-electron chi connectivity index (χ1n) is 9.57. The molecule has 0 saturated carbocycles. The molecular weight excluding hydrogens is 439 g/mol. The number of aliphatic imine (C=N–C) groups is 1. The van der Waals surface area contributed by atoms with Crippen molar-refractivity contribution in [3.8, 4) is 0 Å². The van der Waals surface area contributed by atoms with Crippen LogP contribution in [0, 0.1) is 12.8 Å². The summed E-state index contributed by atoms with van der Waals surface area (Å²) >= 11 is 0. The van der Waals surface area contributed by atoms with Gasteiger partial charge in [-0.3, -0.25) is 9.79 Å². The zero-order valence-electron chi connectivity index (χ0n) is 17.0. The lowest BCUT2D eigenvalue weighted by Crippen LogP contribution is -2.42. The highest BCUT2D eigenvalue weighted by molar-refractivity contribution is 14.0. The van der Waals surface area contributed by atoms with Gasteiger partial charge in [-0.15, -0.1) is 24.0 Å². The molecule has 0 aliphatic carbocycles. The number of unbranched alkanes of at least 4 members (excludes halogenated alkanes) is 1. The van der Waals surface area contributed by atoms with Crippen LogP contribution in [0.4, 0.5) is 0 Å². The van der Waals surface area contributed by atoms with Crippen molar-refractivity contribution in [1.82, 2.24) is 15.2 Å². The van der Waals surface area contributed by atoms with E-state index in [0.717, 1.165) is 49.9 Å². The van der Waals surface area contributed by atoms with Gasteiger partial charge in [0.05, 0.1) is 0 Å². The van der Waals surface area contributed by atoms with Gasteiger partial charge >= 0.3 is 0 Å². The molecule has 1 unspecified atom stereocenters. The van der Waals surface area contributed by atoms with Gasteiger partial charge in [-0.2, -0.15) is 0 Å². The first-order chi connectivity index (χ1) is 11.9. The van der Waals surface area contributed by atoms with Crippen LogP contribution in [0.3, 0.4) is 0 Å². The van der Waals surface area contributed by atoms with Gasteiger partial charge in [0, 0.05) is 37.9 Å². The van der Waals surface area contributed by atoms with Crippen molar-refractivity contribution >= 4 is 29.9 Å². The third-order valence-corrected chi connectivity index (χ3v) is 4.39. The minimum absolute atomic E-state index is 0. The Balaban J connectivity index is 0.00000625. The Bertz CT molecular complexity index is 583. The van der Waals surface area contributed by atoms with Gasteiger partial charge < -0.3 is 15.2 Å². The van der Waals surface area contributed by atoms with Gasteiger partial charge in [0.15, 0.2) is 5.96 Å². The number of nitrogens with one attached hydrogen (secondary N) is 2. The molecule has 0 aliphatic heterocycles. The molecule has 1 aromatic heterocycles. The predicted octanol–water partition coefficient (Wildman–Crippen LogP) is 3.93. The number of hydrogen-bond acceptors (Lipinski definition) is 2. The molecule has 2 N–H and O–H groups in total. The Labute approximate surface area is 176 Å². The molecule has 0 saturated heterocycles. The Hall–Kier alpha value is -1.05. The number of guanidine groups is 1. The smallest absolute Gasteiger partial charge is 0.250 e. The molecule has 26 heavy (non-hydrogen) atoms. The van der Waals surface area contributed by atoms with Crippen LogP contribution in [-0.4, -0.2) is 30.2 Å². The van der Waals surface area contributed by atoms with E-state index in [1.807, 2.05) is 30.7 Å². The number of nitrogens with zero attached hydrogens (tertiary/aromatic N) is 2. The summed E-state index contributed by atoms with van der Waals surface area (Å²) in [6, 6.07) is 5.84. The van der Waals surface area contributed by atoms with E-state index in [-0.39, 0.29) is 29.5 Å². The highest BCUT2D eigenvalue weighted by Crippen LogP contribution is 2.08. The van der Waals surface area contributed by atoms with Crippen LogP contribution in [0.1, 0.15) is 58.6 Å². The SMILES string of the molecule is CN=C(NCCCCn1c(C)cccc1=O)NC(C)CCCC(C)C.I. The molecule has 0 aromatic carbocycles. The zero-order chi connectivity index (χ0) is 18.7. The van der Waals surface area contributed by atoms with Crippen molar-refractivity contribution in [3.05, 3.63) is 34.2 Å². The largest absolute Gasteiger partial charge is 0.356 e. The summed E-state index contributed by atoms with van der Waals surface area (Å²) in [4.78, 5) is 16.1. The molecule has 0 spiro atoms. The molecule has 0 aliphatic rings. The van der Waals surface area contributed by atoms with Crippen molar-refractivity contribution in [2.75, 3.05) is 13.6 Å². The number of halogens is 1. The molecule has 150 valence electrons. The van der Waals surface area contributed by atoms with E-state index in [1.54, 1.807) is 6.07 Å². The first kappa shape index (κ1) is 24.9. The Morgan fingerprint density at radius 2 is 1.88 bits per heavy atom. The molecule has 1 heterocycles. The van der Waals surface area contributed by atoms with E-state index in [1.165, 1.54) is 12.8 Å². The lowest BCUT2D eigenvalue weighted by molar-refractivity contribution is 0.490. The second-order valence-electron chi connectivity index (χ2n) is 7.23. The molecule has 6 heteroatoms. The molecule has 0 amide bonds. The molecular formula is C20H37IN4O. The summed E-state index contributed by atoms with van der Waals surface area (Å²) < 4.78 is 1.84. The fourth-order valence-electron chi connectivity index (χ4n) is 2.84. The topological polar surface area (TPSA) is 58.4 Å². The summed E-state index contributed by atoms with van der Waals surface area (Å²) in [5.74, 6) is 1.63. The maximum Gasteiger partial charge on any atom is 0.250 e. The van der Waals surface area contributed by atoms with E-state index in [2.05, 4.69) is 36.4 Å². The van der Waals surface area contributed by atoms with E-state index < -0.39 is 0 Å². The van der Waals surface area contributed by atoms with E-state index in [0.29, 0.717) is 6.04 Å². The van der Waals surface area contributed by atoms with Gasteiger partial charge in [0.1, 0.15) is 0 Å². The van der Waals surface area contributed by atoms with E-state index in [9.17, 15) is 4.79 Å². The van der Waals surface area contributed by atoms with Crippen LogP contribution in [-0.2, 0) is 6.54 Å². The molecule has 1 aromatic rings. The highest BCUT2D eigenvalue weighted by atomic mass is 127. The predicted molar refractivity (Wildman–Crippen MR) is 123 cm³/mol. The summed E-state index contributed by atoms with van der Waals surface area (Å²) in [7, 11) is 1.81. The average molecular weight is 476 g/mol. The van der Waals surface area contributed by atoms with Crippen LogP contribution in [0.25, 0.3) is 0 Å². The van der Waals surface area contributed by atoms with Crippen molar-refractivity contribution in [1.29, 1.82) is 0 Å². The highest BCUT2D eigenvalue weighted by Gasteiger charge is 2.05. The Kier molecular flexibility index (Phi) is 13.5. The molecule has 5 nitrogen and oxygen atoms in total. The van der Waals surface area contributed by atoms with Gasteiger partial charge in [0.25, 0.3) is 5.56 Å². The number of aryl methyl sites for hydroxylation is 1. The normalized spacial score (nSPS) is 12.6. The minimum atomic E-state index is 0. The van der Waals surface area contributed by atoms with E-state index in [4.69, 9.17) is 0 Å². The summed E-state index contributed by atoms with van der Waals surface area (Å²) in [5, 5.41) is 6.82. The van der Waals surface area contributed by atoms with Crippen LogP contribution < -0.4 is 16.2 Å². The summed E-state index contributed by atoms with van der Waals surface area (Å²) in [5.41, 5.74) is 1.11. The van der Waals surface area contributed by atoms with E-state index >= 15 is 0 Å². The molecule has 1 rings (SSSR count). The minimum Gasteiger partial charge on any atom is -0.356 e.